The molecule has 96 valence electrons. The highest BCUT2D eigenvalue weighted by atomic mass is 35.5. The zero-order valence-electron chi connectivity index (χ0n) is 9.97. The first-order valence-electron chi connectivity index (χ1n) is 6.06. The third-order valence-corrected chi connectivity index (χ3v) is 4.02. The van der Waals surface area contributed by atoms with Crippen LogP contribution in [0.1, 0.15) is 30.9 Å². The molecule has 2 nitrogen and oxygen atoms in total. The topological polar surface area (TPSA) is 38.9 Å². The van der Waals surface area contributed by atoms with Crippen LogP contribution in [-0.2, 0) is 0 Å². The highest BCUT2D eigenvalue weighted by Gasteiger charge is 2.27. The predicted molar refractivity (Wildman–Crippen MR) is 78.3 cm³/mol. The number of nitrogens with zero attached hydrogens (tertiary/aromatic N) is 1. The zero-order valence-corrected chi connectivity index (χ0v) is 11.5. The average Bonchev–Trinajstić information content (AvgIpc) is 2.25. The van der Waals surface area contributed by atoms with Crippen molar-refractivity contribution in [1.82, 2.24) is 4.98 Å². The lowest BCUT2D eigenvalue weighted by Gasteiger charge is -2.31. The number of para-hydroxylation sites is 1. The molecule has 0 saturated heterocycles. The molecule has 4 heteroatoms. The summed E-state index contributed by atoms with van der Waals surface area (Å²) in [6, 6.07) is 10.1. The number of hydrogen-bond donors (Lipinski definition) is 1. The van der Waals surface area contributed by atoms with Crippen LogP contribution in [0, 0.1) is 5.92 Å². The van der Waals surface area contributed by atoms with Gasteiger partial charge in [-0.25, -0.2) is 4.98 Å². The third kappa shape index (κ3) is 2.33. The van der Waals surface area contributed by atoms with Crippen LogP contribution in [0.5, 0.6) is 0 Å². The maximum absolute atomic E-state index is 6.27. The van der Waals surface area contributed by atoms with Crippen LogP contribution >= 0.6 is 24.0 Å². The van der Waals surface area contributed by atoms with Crippen molar-refractivity contribution in [2.24, 2.45) is 11.7 Å². The minimum atomic E-state index is 0. The molecular formula is C14H16Cl2N2. The van der Waals surface area contributed by atoms with Crippen LogP contribution in [0.4, 0.5) is 0 Å². The van der Waals surface area contributed by atoms with E-state index in [2.05, 4.69) is 17.1 Å². The molecule has 1 aromatic heterocycles. The molecule has 0 amide bonds. The number of nitrogens with two attached hydrogens (primary N) is 1. The van der Waals surface area contributed by atoms with Gasteiger partial charge >= 0.3 is 0 Å². The Kier molecular flexibility index (Phi) is 4.10. The Hall–Kier alpha value is -0.830. The van der Waals surface area contributed by atoms with E-state index in [1.807, 2.05) is 18.2 Å². The van der Waals surface area contributed by atoms with Gasteiger partial charge in [0, 0.05) is 17.0 Å². The highest BCUT2D eigenvalue weighted by molar-refractivity contribution is 6.30. The fourth-order valence-electron chi connectivity index (χ4n) is 2.40. The quantitative estimate of drug-likeness (QED) is 0.842. The Morgan fingerprint density at radius 1 is 1.28 bits per heavy atom. The summed E-state index contributed by atoms with van der Waals surface area (Å²) in [6.07, 6.45) is 3.71. The van der Waals surface area contributed by atoms with E-state index < -0.39 is 0 Å². The fraction of sp³-hybridized carbons (Fsp3) is 0.357. The number of hydrogen-bond acceptors (Lipinski definition) is 2. The van der Waals surface area contributed by atoms with E-state index in [0.717, 1.165) is 16.5 Å². The lowest BCUT2D eigenvalue weighted by atomic mass is 9.78. The van der Waals surface area contributed by atoms with Crippen LogP contribution in [-0.4, -0.2) is 4.98 Å². The summed E-state index contributed by atoms with van der Waals surface area (Å²) in [4.78, 5) is 4.42. The van der Waals surface area contributed by atoms with Gasteiger partial charge in [0.2, 0.25) is 0 Å². The van der Waals surface area contributed by atoms with Gasteiger partial charge in [-0.15, -0.1) is 12.4 Å². The molecule has 0 radical (unpaired) electrons. The first-order valence-corrected chi connectivity index (χ1v) is 6.44. The summed E-state index contributed by atoms with van der Waals surface area (Å²) < 4.78 is 0. The lowest BCUT2D eigenvalue weighted by Crippen LogP contribution is -2.27. The molecule has 1 fully saturated rings. The third-order valence-electron chi connectivity index (χ3n) is 3.72. The molecule has 0 unspecified atom stereocenters. The number of pyridine rings is 1. The average molecular weight is 283 g/mol. The first-order chi connectivity index (χ1) is 8.25. The van der Waals surface area contributed by atoms with E-state index in [-0.39, 0.29) is 18.4 Å². The smallest absolute Gasteiger partial charge is 0.134 e. The van der Waals surface area contributed by atoms with Crippen LogP contribution < -0.4 is 5.73 Å². The SMILES string of the molecule is Cl.N[C@H](c1cc2ccccc2nc1Cl)C1CCC1. The Bertz CT molecular complexity index is 552. The maximum Gasteiger partial charge on any atom is 0.134 e. The molecule has 1 saturated carbocycles. The number of fused-ring (bicyclic) bond motifs is 1. The molecule has 2 aromatic rings. The summed E-state index contributed by atoms with van der Waals surface area (Å²) in [5, 5.41) is 1.67. The van der Waals surface area contributed by atoms with E-state index in [0.29, 0.717) is 11.1 Å². The van der Waals surface area contributed by atoms with Gasteiger partial charge in [0.1, 0.15) is 5.15 Å². The number of rotatable bonds is 2. The van der Waals surface area contributed by atoms with Crippen molar-refractivity contribution in [3.8, 4) is 0 Å². The monoisotopic (exact) mass is 282 g/mol. The number of halogens is 2. The summed E-state index contributed by atoms with van der Waals surface area (Å²) in [5.74, 6) is 0.579. The Morgan fingerprint density at radius 2 is 2.00 bits per heavy atom. The summed E-state index contributed by atoms with van der Waals surface area (Å²) in [5.41, 5.74) is 8.20. The van der Waals surface area contributed by atoms with E-state index in [4.69, 9.17) is 17.3 Å². The molecule has 1 aliphatic rings. The molecule has 1 aromatic carbocycles. The molecule has 1 heterocycles. The summed E-state index contributed by atoms with van der Waals surface area (Å²) in [6.45, 7) is 0. The van der Waals surface area contributed by atoms with Gasteiger partial charge in [0.15, 0.2) is 0 Å². The second kappa shape index (κ2) is 5.43. The molecule has 18 heavy (non-hydrogen) atoms. The van der Waals surface area contributed by atoms with Crippen LogP contribution in [0.15, 0.2) is 30.3 Å². The van der Waals surface area contributed by atoms with Crippen molar-refractivity contribution < 1.29 is 0 Å². The second-order valence-electron chi connectivity index (χ2n) is 4.78. The van der Waals surface area contributed by atoms with E-state index in [9.17, 15) is 0 Å². The van der Waals surface area contributed by atoms with Crippen molar-refractivity contribution in [2.45, 2.75) is 25.3 Å². The largest absolute Gasteiger partial charge is 0.324 e. The van der Waals surface area contributed by atoms with Gasteiger partial charge in [0.05, 0.1) is 5.52 Å². The van der Waals surface area contributed by atoms with Crippen molar-refractivity contribution >= 4 is 34.9 Å². The summed E-state index contributed by atoms with van der Waals surface area (Å²) >= 11 is 6.23. The van der Waals surface area contributed by atoms with Crippen molar-refractivity contribution in [3.63, 3.8) is 0 Å². The van der Waals surface area contributed by atoms with Crippen molar-refractivity contribution in [2.75, 3.05) is 0 Å². The van der Waals surface area contributed by atoms with Crippen LogP contribution in [0.3, 0.4) is 0 Å². The van der Waals surface area contributed by atoms with Gasteiger partial charge in [-0.3, -0.25) is 0 Å². The molecule has 0 spiro atoms. The molecule has 1 atom stereocenters. The van der Waals surface area contributed by atoms with Gasteiger partial charge in [-0.2, -0.15) is 0 Å². The molecule has 3 rings (SSSR count). The number of aromatic nitrogens is 1. The van der Waals surface area contributed by atoms with Gasteiger partial charge in [0.25, 0.3) is 0 Å². The van der Waals surface area contributed by atoms with E-state index >= 15 is 0 Å². The van der Waals surface area contributed by atoms with Gasteiger partial charge < -0.3 is 5.73 Å². The maximum atomic E-state index is 6.27. The van der Waals surface area contributed by atoms with Crippen LogP contribution in [0.25, 0.3) is 10.9 Å². The fourth-order valence-corrected chi connectivity index (χ4v) is 2.67. The zero-order chi connectivity index (χ0) is 11.8. The van der Waals surface area contributed by atoms with Crippen LogP contribution in [0.2, 0.25) is 5.15 Å². The molecular weight excluding hydrogens is 267 g/mol. The Morgan fingerprint density at radius 3 is 2.67 bits per heavy atom. The normalized spacial score (nSPS) is 17.0. The van der Waals surface area contributed by atoms with Gasteiger partial charge in [-0.05, 0) is 30.9 Å². The molecule has 1 aliphatic carbocycles. The highest BCUT2D eigenvalue weighted by Crippen LogP contribution is 2.38. The standard InChI is InChI=1S/C14H15ClN2.ClH/c15-14-11(13(16)9-5-3-6-9)8-10-4-1-2-7-12(10)17-14;/h1-2,4,7-9,13H,3,5-6,16H2;1H/t13-;/m0./s1. The first kappa shape index (κ1) is 13.6. The Balaban J connectivity index is 0.00000120. The summed E-state index contributed by atoms with van der Waals surface area (Å²) in [7, 11) is 0. The predicted octanol–water partition coefficient (Wildman–Crippen LogP) is 4.11. The minimum absolute atomic E-state index is 0. The minimum Gasteiger partial charge on any atom is -0.324 e. The lowest BCUT2D eigenvalue weighted by molar-refractivity contribution is 0.264. The van der Waals surface area contributed by atoms with E-state index in [1.54, 1.807) is 0 Å². The Labute approximate surface area is 118 Å². The van der Waals surface area contributed by atoms with Gasteiger partial charge in [-0.1, -0.05) is 36.2 Å². The molecule has 2 N–H and O–H groups in total. The van der Waals surface area contributed by atoms with Crippen molar-refractivity contribution in [3.05, 3.63) is 41.0 Å². The van der Waals surface area contributed by atoms with Crippen molar-refractivity contribution in [1.29, 1.82) is 0 Å². The number of benzene rings is 1. The second-order valence-corrected chi connectivity index (χ2v) is 5.14. The molecule has 0 aliphatic heterocycles. The van der Waals surface area contributed by atoms with E-state index in [1.165, 1.54) is 19.3 Å². The molecule has 0 bridgehead atoms.